The van der Waals surface area contributed by atoms with E-state index < -0.39 is 9.85 Å². The average Bonchev–Trinajstić information content (AvgIpc) is 2.33. The molecular formula is C13H16N2O4. The van der Waals surface area contributed by atoms with E-state index in [2.05, 4.69) is 0 Å². The van der Waals surface area contributed by atoms with Crippen LogP contribution in [-0.2, 0) is 5.41 Å². The Kier molecular flexibility index (Phi) is 3.04. The van der Waals surface area contributed by atoms with Crippen molar-refractivity contribution in [1.29, 1.82) is 0 Å². The van der Waals surface area contributed by atoms with Crippen molar-refractivity contribution in [3.63, 3.8) is 0 Å². The summed E-state index contributed by atoms with van der Waals surface area (Å²) in [4.78, 5) is 21.0. The van der Waals surface area contributed by atoms with Crippen LogP contribution in [0.5, 0.6) is 0 Å². The van der Waals surface area contributed by atoms with Crippen LogP contribution in [0.2, 0.25) is 0 Å². The third-order valence-electron chi connectivity index (χ3n) is 3.97. The molecule has 0 radical (unpaired) electrons. The summed E-state index contributed by atoms with van der Waals surface area (Å²) in [6.07, 6.45) is 1.73. The van der Waals surface area contributed by atoms with Crippen LogP contribution in [0.3, 0.4) is 0 Å². The van der Waals surface area contributed by atoms with Crippen molar-refractivity contribution in [2.24, 2.45) is 0 Å². The van der Waals surface area contributed by atoms with Crippen LogP contribution in [0.1, 0.15) is 50.7 Å². The smallest absolute Gasteiger partial charge is 0.258 e. The Bertz CT molecular complexity index is 566. The van der Waals surface area contributed by atoms with Crippen molar-refractivity contribution in [1.82, 2.24) is 0 Å². The number of nitro groups is 2. The summed E-state index contributed by atoms with van der Waals surface area (Å²) in [7, 11) is 0. The summed E-state index contributed by atoms with van der Waals surface area (Å²) in [5.41, 5.74) is 0.814. The Morgan fingerprint density at radius 2 is 1.84 bits per heavy atom. The van der Waals surface area contributed by atoms with Gasteiger partial charge in [-0.1, -0.05) is 20.8 Å². The molecule has 0 bridgehead atoms. The third kappa shape index (κ3) is 2.18. The monoisotopic (exact) mass is 264 g/mol. The Balaban J connectivity index is 2.79. The van der Waals surface area contributed by atoms with Crippen LogP contribution in [0.15, 0.2) is 12.1 Å². The maximum atomic E-state index is 11.2. The Morgan fingerprint density at radius 1 is 1.21 bits per heavy atom. The second-order valence-corrected chi connectivity index (χ2v) is 5.76. The molecule has 0 saturated heterocycles. The zero-order valence-electron chi connectivity index (χ0n) is 11.2. The van der Waals surface area contributed by atoms with Crippen LogP contribution in [0, 0.1) is 20.2 Å². The summed E-state index contributed by atoms with van der Waals surface area (Å²) < 4.78 is 0. The Morgan fingerprint density at radius 3 is 2.37 bits per heavy atom. The average molecular weight is 264 g/mol. The van der Waals surface area contributed by atoms with Crippen LogP contribution in [0.4, 0.5) is 11.4 Å². The molecule has 1 aromatic carbocycles. The predicted octanol–water partition coefficient (Wildman–Crippen LogP) is 3.68. The lowest BCUT2D eigenvalue weighted by atomic mass is 9.68. The molecule has 6 nitrogen and oxygen atoms in total. The molecule has 0 spiro atoms. The molecule has 2 rings (SSSR count). The molecule has 0 aliphatic heterocycles. The van der Waals surface area contributed by atoms with Gasteiger partial charge in [0.2, 0.25) is 0 Å². The zero-order chi connectivity index (χ0) is 14.4. The van der Waals surface area contributed by atoms with Gasteiger partial charge in [-0.2, -0.15) is 0 Å². The first-order chi connectivity index (χ1) is 8.74. The second kappa shape index (κ2) is 4.29. The molecule has 1 aromatic rings. The van der Waals surface area contributed by atoms with Crippen molar-refractivity contribution >= 4 is 11.4 Å². The number of non-ortho nitro benzene ring substituents is 1. The van der Waals surface area contributed by atoms with E-state index in [-0.39, 0.29) is 22.7 Å². The van der Waals surface area contributed by atoms with E-state index in [0.717, 1.165) is 24.5 Å². The van der Waals surface area contributed by atoms with Crippen molar-refractivity contribution in [3.8, 4) is 0 Å². The largest absolute Gasteiger partial charge is 0.280 e. The minimum absolute atomic E-state index is 0.0595. The van der Waals surface area contributed by atoms with Crippen LogP contribution < -0.4 is 0 Å². The lowest BCUT2D eigenvalue weighted by Gasteiger charge is -2.35. The number of nitro benzene ring substituents is 2. The number of nitrogens with zero attached hydrogens (tertiary/aromatic N) is 2. The van der Waals surface area contributed by atoms with E-state index in [0.29, 0.717) is 5.56 Å². The van der Waals surface area contributed by atoms with Crippen molar-refractivity contribution in [2.75, 3.05) is 0 Å². The lowest BCUT2D eigenvalue weighted by Crippen LogP contribution is -2.26. The summed E-state index contributed by atoms with van der Waals surface area (Å²) >= 11 is 0. The highest BCUT2D eigenvalue weighted by atomic mass is 16.6. The Hall–Kier alpha value is -1.98. The van der Waals surface area contributed by atoms with Gasteiger partial charge in [0.05, 0.1) is 15.9 Å². The SMILES string of the molecule is C[C@@H]1CCC(C)(C)c2cc([N+](=O)[O-])cc([N+](=O)[O-])c21. The highest BCUT2D eigenvalue weighted by Crippen LogP contribution is 2.47. The molecule has 1 aliphatic carbocycles. The molecule has 0 amide bonds. The first kappa shape index (κ1) is 13.5. The van der Waals surface area contributed by atoms with Crippen molar-refractivity contribution in [2.45, 2.75) is 44.9 Å². The molecule has 0 fully saturated rings. The minimum atomic E-state index is -0.567. The predicted molar refractivity (Wildman–Crippen MR) is 70.4 cm³/mol. The van der Waals surface area contributed by atoms with Crippen molar-refractivity contribution in [3.05, 3.63) is 43.5 Å². The highest BCUT2D eigenvalue weighted by molar-refractivity contribution is 5.58. The van der Waals surface area contributed by atoms with Crippen molar-refractivity contribution < 1.29 is 9.85 Å². The number of hydrogen-bond acceptors (Lipinski definition) is 4. The highest BCUT2D eigenvalue weighted by Gasteiger charge is 2.37. The molecule has 6 heteroatoms. The molecule has 0 N–H and O–H groups in total. The number of rotatable bonds is 2. The van der Waals surface area contributed by atoms with Crippen LogP contribution >= 0.6 is 0 Å². The number of hydrogen-bond donors (Lipinski definition) is 0. The number of fused-ring (bicyclic) bond motifs is 1. The van der Waals surface area contributed by atoms with Gasteiger partial charge < -0.3 is 0 Å². The van der Waals surface area contributed by atoms with Gasteiger partial charge in [-0.05, 0) is 29.7 Å². The molecule has 1 atom stereocenters. The van der Waals surface area contributed by atoms with Gasteiger partial charge in [-0.25, -0.2) is 0 Å². The van der Waals surface area contributed by atoms with Gasteiger partial charge in [0.25, 0.3) is 11.4 Å². The standard InChI is InChI=1S/C13H16N2O4/c1-8-4-5-13(2,3)10-6-9(14(16)17)7-11(12(8)10)15(18)19/h6-8H,4-5H2,1-3H3/t8-/m1/s1. The fraction of sp³-hybridized carbons (Fsp3) is 0.538. The van der Waals surface area contributed by atoms with Crippen LogP contribution in [-0.4, -0.2) is 9.85 Å². The maximum absolute atomic E-state index is 11.2. The lowest BCUT2D eigenvalue weighted by molar-refractivity contribution is -0.394. The summed E-state index contributed by atoms with van der Waals surface area (Å²) in [6, 6.07) is 2.58. The van der Waals surface area contributed by atoms with E-state index >= 15 is 0 Å². The van der Waals surface area contributed by atoms with Gasteiger partial charge >= 0.3 is 0 Å². The summed E-state index contributed by atoms with van der Waals surface area (Å²) in [6.45, 7) is 5.89. The zero-order valence-corrected chi connectivity index (χ0v) is 11.2. The van der Waals surface area contributed by atoms with Gasteiger partial charge in [-0.15, -0.1) is 0 Å². The van der Waals surface area contributed by atoms with E-state index in [9.17, 15) is 20.2 Å². The van der Waals surface area contributed by atoms with Gasteiger partial charge in [0, 0.05) is 11.6 Å². The Labute approximate surface area is 110 Å². The van der Waals surface area contributed by atoms with Gasteiger partial charge in [-0.3, -0.25) is 20.2 Å². The molecule has 1 aliphatic rings. The molecule has 0 heterocycles. The number of benzene rings is 1. The second-order valence-electron chi connectivity index (χ2n) is 5.76. The topological polar surface area (TPSA) is 86.3 Å². The van der Waals surface area contributed by atoms with E-state index in [1.807, 2.05) is 20.8 Å². The van der Waals surface area contributed by atoms with Gasteiger partial charge in [0.1, 0.15) is 0 Å². The minimum Gasteiger partial charge on any atom is -0.258 e. The summed E-state index contributed by atoms with van der Waals surface area (Å²) in [5.74, 6) is 0.0595. The molecular weight excluding hydrogens is 248 g/mol. The van der Waals surface area contributed by atoms with Crippen LogP contribution in [0.25, 0.3) is 0 Å². The van der Waals surface area contributed by atoms with E-state index in [4.69, 9.17) is 0 Å². The van der Waals surface area contributed by atoms with E-state index in [1.54, 1.807) is 0 Å². The van der Waals surface area contributed by atoms with Gasteiger partial charge in [0.15, 0.2) is 0 Å². The maximum Gasteiger partial charge on any atom is 0.280 e. The quantitative estimate of drug-likeness (QED) is 0.602. The summed E-state index contributed by atoms with van der Waals surface area (Å²) in [5, 5.41) is 22.1. The molecule has 0 aromatic heterocycles. The molecule has 102 valence electrons. The first-order valence-electron chi connectivity index (χ1n) is 6.21. The van der Waals surface area contributed by atoms with E-state index in [1.165, 1.54) is 6.07 Å². The first-order valence-corrected chi connectivity index (χ1v) is 6.21. The molecule has 0 saturated carbocycles. The third-order valence-corrected chi connectivity index (χ3v) is 3.97. The fourth-order valence-electron chi connectivity index (χ4n) is 2.81. The molecule has 0 unspecified atom stereocenters. The fourth-order valence-corrected chi connectivity index (χ4v) is 2.81. The molecule has 19 heavy (non-hydrogen) atoms. The normalized spacial score (nSPS) is 20.7.